The largest absolute Gasteiger partial charge is 0.490 e. The van der Waals surface area contributed by atoms with Gasteiger partial charge in [-0.25, -0.2) is 0 Å². The molecule has 0 spiro atoms. The second-order valence-corrected chi connectivity index (χ2v) is 4.27. The molecular formula is C14H23NO. The molecule has 0 bridgehead atoms. The molecule has 0 saturated carbocycles. The Balaban J connectivity index is 2.78. The quantitative estimate of drug-likeness (QED) is 0.793. The van der Waals surface area contributed by atoms with Crippen molar-refractivity contribution >= 4 is 0 Å². The highest BCUT2D eigenvalue weighted by molar-refractivity contribution is 5.35. The van der Waals surface area contributed by atoms with Crippen molar-refractivity contribution in [2.75, 3.05) is 7.05 Å². The lowest BCUT2D eigenvalue weighted by molar-refractivity contribution is 0.206. The van der Waals surface area contributed by atoms with Crippen LogP contribution in [0.2, 0.25) is 0 Å². The maximum absolute atomic E-state index is 5.97. The molecule has 0 aromatic heterocycles. The van der Waals surface area contributed by atoms with E-state index in [1.165, 1.54) is 5.56 Å². The molecule has 0 saturated heterocycles. The Hall–Kier alpha value is -1.02. The van der Waals surface area contributed by atoms with E-state index < -0.39 is 0 Å². The minimum absolute atomic E-state index is 0.287. The lowest BCUT2D eigenvalue weighted by atomic mass is 10.1. The third-order valence-corrected chi connectivity index (χ3v) is 2.84. The smallest absolute Gasteiger partial charge is 0.124 e. The molecule has 0 heterocycles. The van der Waals surface area contributed by atoms with E-state index in [1.54, 1.807) is 0 Å². The van der Waals surface area contributed by atoms with Gasteiger partial charge >= 0.3 is 0 Å². The second kappa shape index (κ2) is 6.54. The molecular weight excluding hydrogens is 198 g/mol. The Morgan fingerprint density at radius 2 is 1.94 bits per heavy atom. The topological polar surface area (TPSA) is 21.3 Å². The van der Waals surface area contributed by atoms with Gasteiger partial charge in [-0.05, 0) is 33.4 Å². The predicted octanol–water partition coefficient (Wildman–Crippen LogP) is 3.53. The summed E-state index contributed by atoms with van der Waals surface area (Å²) >= 11 is 0. The van der Waals surface area contributed by atoms with Crippen molar-refractivity contribution < 1.29 is 4.74 Å². The zero-order valence-corrected chi connectivity index (χ0v) is 10.8. The minimum Gasteiger partial charge on any atom is -0.490 e. The van der Waals surface area contributed by atoms with Gasteiger partial charge in [-0.2, -0.15) is 0 Å². The Morgan fingerprint density at radius 3 is 2.56 bits per heavy atom. The first-order valence-corrected chi connectivity index (χ1v) is 6.11. The SMILES string of the molecule is CCCC(C)Oc1ccccc1C(C)NC. The number of ether oxygens (including phenoxy) is 1. The Morgan fingerprint density at radius 1 is 1.25 bits per heavy atom. The number of benzene rings is 1. The fourth-order valence-electron chi connectivity index (χ4n) is 1.78. The molecule has 2 atom stereocenters. The van der Waals surface area contributed by atoms with Crippen molar-refractivity contribution in [2.24, 2.45) is 0 Å². The zero-order valence-electron chi connectivity index (χ0n) is 10.8. The monoisotopic (exact) mass is 221 g/mol. The van der Waals surface area contributed by atoms with E-state index in [-0.39, 0.29) is 6.10 Å². The van der Waals surface area contributed by atoms with Gasteiger partial charge in [-0.15, -0.1) is 0 Å². The minimum atomic E-state index is 0.287. The molecule has 0 aliphatic carbocycles. The van der Waals surface area contributed by atoms with Gasteiger partial charge in [-0.3, -0.25) is 0 Å². The van der Waals surface area contributed by atoms with Crippen LogP contribution in [0.15, 0.2) is 24.3 Å². The highest BCUT2D eigenvalue weighted by Crippen LogP contribution is 2.25. The second-order valence-electron chi connectivity index (χ2n) is 4.27. The van der Waals surface area contributed by atoms with Crippen molar-refractivity contribution in [3.63, 3.8) is 0 Å². The van der Waals surface area contributed by atoms with Crippen molar-refractivity contribution in [3.05, 3.63) is 29.8 Å². The summed E-state index contributed by atoms with van der Waals surface area (Å²) in [4.78, 5) is 0. The van der Waals surface area contributed by atoms with Gasteiger partial charge in [-0.1, -0.05) is 31.5 Å². The fourth-order valence-corrected chi connectivity index (χ4v) is 1.78. The molecule has 0 aliphatic rings. The van der Waals surface area contributed by atoms with Gasteiger partial charge in [0.05, 0.1) is 6.10 Å². The van der Waals surface area contributed by atoms with Gasteiger partial charge in [0.15, 0.2) is 0 Å². The lowest BCUT2D eigenvalue weighted by Gasteiger charge is -2.20. The van der Waals surface area contributed by atoms with E-state index in [0.717, 1.165) is 18.6 Å². The molecule has 0 aliphatic heterocycles. The van der Waals surface area contributed by atoms with E-state index in [4.69, 9.17) is 4.74 Å². The van der Waals surface area contributed by atoms with Crippen LogP contribution in [-0.4, -0.2) is 13.2 Å². The average molecular weight is 221 g/mol. The maximum atomic E-state index is 5.97. The van der Waals surface area contributed by atoms with Crippen LogP contribution in [0.1, 0.15) is 45.2 Å². The summed E-state index contributed by atoms with van der Waals surface area (Å²) in [6.45, 7) is 6.46. The van der Waals surface area contributed by atoms with Crippen LogP contribution in [-0.2, 0) is 0 Å². The van der Waals surface area contributed by atoms with Crippen LogP contribution in [0, 0.1) is 0 Å². The third kappa shape index (κ3) is 3.53. The summed E-state index contributed by atoms with van der Waals surface area (Å²) in [6, 6.07) is 8.58. The van der Waals surface area contributed by atoms with E-state index in [9.17, 15) is 0 Å². The molecule has 1 rings (SSSR count). The highest BCUT2D eigenvalue weighted by Gasteiger charge is 2.11. The molecule has 2 nitrogen and oxygen atoms in total. The van der Waals surface area contributed by atoms with Gasteiger partial charge in [0.25, 0.3) is 0 Å². The average Bonchev–Trinajstić information content (AvgIpc) is 2.29. The normalized spacial score (nSPS) is 14.5. The van der Waals surface area contributed by atoms with Crippen LogP contribution >= 0.6 is 0 Å². The van der Waals surface area contributed by atoms with Gasteiger partial charge in [0, 0.05) is 11.6 Å². The number of hydrogen-bond acceptors (Lipinski definition) is 2. The van der Waals surface area contributed by atoms with Crippen molar-refractivity contribution in [1.82, 2.24) is 5.32 Å². The molecule has 2 heteroatoms. The molecule has 1 aromatic carbocycles. The molecule has 0 amide bonds. The standard InChI is InChI=1S/C14H23NO/c1-5-8-11(2)16-14-10-7-6-9-13(14)12(3)15-4/h6-7,9-12,15H,5,8H2,1-4H3. The molecule has 90 valence electrons. The van der Waals surface area contributed by atoms with Crippen molar-refractivity contribution in [3.8, 4) is 5.75 Å². The van der Waals surface area contributed by atoms with E-state index in [1.807, 2.05) is 13.1 Å². The molecule has 0 fully saturated rings. The van der Waals surface area contributed by atoms with Gasteiger partial charge in [0.2, 0.25) is 0 Å². The van der Waals surface area contributed by atoms with Crippen LogP contribution in [0.3, 0.4) is 0 Å². The lowest BCUT2D eigenvalue weighted by Crippen LogP contribution is -2.17. The van der Waals surface area contributed by atoms with E-state index in [2.05, 4.69) is 44.3 Å². The maximum Gasteiger partial charge on any atom is 0.124 e. The van der Waals surface area contributed by atoms with E-state index >= 15 is 0 Å². The summed E-state index contributed by atoms with van der Waals surface area (Å²) in [6.07, 6.45) is 2.54. The summed E-state index contributed by atoms with van der Waals surface area (Å²) in [7, 11) is 1.97. The Kier molecular flexibility index (Phi) is 5.33. The van der Waals surface area contributed by atoms with Crippen LogP contribution in [0.4, 0.5) is 0 Å². The highest BCUT2D eigenvalue weighted by atomic mass is 16.5. The third-order valence-electron chi connectivity index (χ3n) is 2.84. The van der Waals surface area contributed by atoms with Gasteiger partial charge < -0.3 is 10.1 Å². The summed E-state index contributed by atoms with van der Waals surface area (Å²) in [5, 5.41) is 3.25. The molecule has 1 N–H and O–H groups in total. The Labute approximate surface area is 99.0 Å². The number of hydrogen-bond donors (Lipinski definition) is 1. The summed E-state index contributed by atoms with van der Waals surface area (Å²) in [5.41, 5.74) is 1.23. The predicted molar refractivity (Wildman–Crippen MR) is 68.9 cm³/mol. The molecule has 1 aromatic rings. The fraction of sp³-hybridized carbons (Fsp3) is 0.571. The van der Waals surface area contributed by atoms with E-state index in [0.29, 0.717) is 6.04 Å². The first kappa shape index (κ1) is 13.0. The van der Waals surface area contributed by atoms with Gasteiger partial charge in [0.1, 0.15) is 5.75 Å². The van der Waals surface area contributed by atoms with Crippen LogP contribution in [0.25, 0.3) is 0 Å². The van der Waals surface area contributed by atoms with Crippen LogP contribution < -0.4 is 10.1 Å². The number of para-hydroxylation sites is 1. The number of nitrogens with one attached hydrogen (secondary N) is 1. The van der Waals surface area contributed by atoms with Crippen molar-refractivity contribution in [2.45, 2.75) is 45.8 Å². The summed E-state index contributed by atoms with van der Waals surface area (Å²) < 4.78 is 5.97. The molecule has 16 heavy (non-hydrogen) atoms. The van der Waals surface area contributed by atoms with Crippen molar-refractivity contribution in [1.29, 1.82) is 0 Å². The molecule has 0 radical (unpaired) electrons. The van der Waals surface area contributed by atoms with Crippen LogP contribution in [0.5, 0.6) is 5.75 Å². The number of rotatable bonds is 6. The summed E-state index contributed by atoms with van der Waals surface area (Å²) in [5.74, 6) is 1.00. The first-order chi connectivity index (χ1) is 7.69. The first-order valence-electron chi connectivity index (χ1n) is 6.11. The Bertz CT molecular complexity index is 311. The molecule has 2 unspecified atom stereocenters. The zero-order chi connectivity index (χ0) is 12.0.